The number of carboxylic acids is 1. The van der Waals surface area contributed by atoms with Gasteiger partial charge >= 0.3 is 5.97 Å². The van der Waals surface area contributed by atoms with E-state index in [9.17, 15) is 14.3 Å². The lowest BCUT2D eigenvalue weighted by Gasteiger charge is -2.38. The molecule has 0 amide bonds. The summed E-state index contributed by atoms with van der Waals surface area (Å²) in [5.41, 5.74) is 1.83. The molecule has 1 saturated heterocycles. The van der Waals surface area contributed by atoms with Crippen molar-refractivity contribution < 1.29 is 19.0 Å². The van der Waals surface area contributed by atoms with Crippen molar-refractivity contribution >= 4 is 16.7 Å². The van der Waals surface area contributed by atoms with Crippen molar-refractivity contribution in [3.05, 3.63) is 77.6 Å². The van der Waals surface area contributed by atoms with E-state index in [1.165, 1.54) is 12.1 Å². The number of carbonyl (C=O) groups is 1. The van der Waals surface area contributed by atoms with Crippen molar-refractivity contribution in [2.45, 2.75) is 18.9 Å². The predicted octanol–water partition coefficient (Wildman–Crippen LogP) is 4.87. The summed E-state index contributed by atoms with van der Waals surface area (Å²) in [4.78, 5) is 13.7. The molecule has 1 heterocycles. The third-order valence-corrected chi connectivity index (χ3v) is 5.85. The minimum atomic E-state index is -0.741. The number of piperidine rings is 1. The first-order valence-corrected chi connectivity index (χ1v) is 9.86. The monoisotopic (exact) mass is 393 g/mol. The third kappa shape index (κ3) is 3.83. The molecule has 3 aromatic carbocycles. The van der Waals surface area contributed by atoms with Crippen molar-refractivity contribution in [3.8, 4) is 5.75 Å². The summed E-state index contributed by atoms with van der Waals surface area (Å²) >= 11 is 0. The molecular weight excluding hydrogens is 369 g/mol. The lowest BCUT2D eigenvalue weighted by molar-refractivity contribution is -0.143. The summed E-state index contributed by atoms with van der Waals surface area (Å²) in [6, 6.07) is 18.7. The van der Waals surface area contributed by atoms with Crippen LogP contribution >= 0.6 is 0 Å². The van der Waals surface area contributed by atoms with Crippen molar-refractivity contribution in [3.63, 3.8) is 0 Å². The molecule has 1 aliphatic rings. The van der Waals surface area contributed by atoms with Gasteiger partial charge in [0.15, 0.2) is 0 Å². The van der Waals surface area contributed by atoms with Crippen LogP contribution in [0.1, 0.15) is 30.0 Å². The van der Waals surface area contributed by atoms with Crippen LogP contribution in [0.15, 0.2) is 60.7 Å². The van der Waals surface area contributed by atoms with E-state index in [0.29, 0.717) is 31.7 Å². The second kappa shape index (κ2) is 8.21. The number of nitrogens with zero attached hydrogens (tertiary/aromatic N) is 1. The fourth-order valence-electron chi connectivity index (χ4n) is 4.37. The van der Waals surface area contributed by atoms with Crippen LogP contribution in [0.25, 0.3) is 10.8 Å². The summed E-state index contributed by atoms with van der Waals surface area (Å²) in [6.45, 7) is 1.26. The van der Waals surface area contributed by atoms with Gasteiger partial charge in [0, 0.05) is 5.56 Å². The van der Waals surface area contributed by atoms with Crippen molar-refractivity contribution in [2.75, 3.05) is 20.2 Å². The number of methoxy groups -OCH3 is 1. The summed E-state index contributed by atoms with van der Waals surface area (Å²) in [5.74, 6) is -0.750. The lowest BCUT2D eigenvalue weighted by Crippen LogP contribution is -2.39. The number of rotatable bonds is 5. The highest BCUT2D eigenvalue weighted by Crippen LogP contribution is 2.40. The maximum Gasteiger partial charge on any atom is 0.306 e. The van der Waals surface area contributed by atoms with E-state index in [1.54, 1.807) is 13.2 Å². The highest BCUT2D eigenvalue weighted by Gasteiger charge is 2.32. The van der Waals surface area contributed by atoms with E-state index in [-0.39, 0.29) is 17.8 Å². The van der Waals surface area contributed by atoms with Crippen LogP contribution in [0.2, 0.25) is 0 Å². The van der Waals surface area contributed by atoms with E-state index in [1.807, 2.05) is 18.2 Å². The van der Waals surface area contributed by atoms with Crippen LogP contribution < -0.4 is 4.74 Å². The van der Waals surface area contributed by atoms with Gasteiger partial charge in [-0.2, -0.15) is 0 Å². The molecule has 0 aromatic heterocycles. The fraction of sp³-hybridized carbons (Fsp3) is 0.292. The molecule has 0 bridgehead atoms. The minimum Gasteiger partial charge on any atom is -0.496 e. The Labute approximate surface area is 169 Å². The van der Waals surface area contributed by atoms with E-state index in [2.05, 4.69) is 29.2 Å². The molecule has 3 aromatic rings. The van der Waals surface area contributed by atoms with Gasteiger partial charge < -0.3 is 9.84 Å². The van der Waals surface area contributed by atoms with Gasteiger partial charge in [0.2, 0.25) is 0 Å². The Morgan fingerprint density at radius 1 is 1.07 bits per heavy atom. The summed E-state index contributed by atoms with van der Waals surface area (Å²) in [5, 5.41) is 11.6. The standard InChI is InChI=1S/C24H24FNO3/c1-29-22-10-9-18(25)15-21(22)23(26-13-11-17(12-14-26)24(27)28)20-8-4-6-16-5-2-3-7-19(16)20/h2-10,15,17,23H,11-14H2,1H3,(H,27,28). The van der Waals surface area contributed by atoms with Crippen LogP contribution in [-0.4, -0.2) is 36.2 Å². The lowest BCUT2D eigenvalue weighted by atomic mass is 9.88. The molecule has 0 saturated carbocycles. The highest BCUT2D eigenvalue weighted by molar-refractivity contribution is 5.86. The molecule has 0 radical (unpaired) electrons. The molecule has 1 N–H and O–H groups in total. The zero-order valence-corrected chi connectivity index (χ0v) is 16.3. The van der Waals surface area contributed by atoms with Crippen LogP contribution in [-0.2, 0) is 4.79 Å². The molecule has 150 valence electrons. The topological polar surface area (TPSA) is 49.8 Å². The highest BCUT2D eigenvalue weighted by atomic mass is 19.1. The first-order chi connectivity index (χ1) is 14.1. The van der Waals surface area contributed by atoms with Gasteiger partial charge in [-0.05, 0) is 60.5 Å². The summed E-state index contributed by atoms with van der Waals surface area (Å²) in [6.07, 6.45) is 1.16. The number of hydrogen-bond donors (Lipinski definition) is 1. The van der Waals surface area contributed by atoms with E-state index < -0.39 is 5.97 Å². The number of benzene rings is 3. The zero-order valence-electron chi connectivity index (χ0n) is 16.3. The molecule has 0 aliphatic carbocycles. The van der Waals surface area contributed by atoms with Crippen LogP contribution in [0.4, 0.5) is 4.39 Å². The Balaban J connectivity index is 1.84. The number of halogens is 1. The van der Waals surface area contributed by atoms with Crippen molar-refractivity contribution in [1.29, 1.82) is 0 Å². The van der Waals surface area contributed by atoms with Crippen molar-refractivity contribution in [1.82, 2.24) is 4.90 Å². The second-order valence-electron chi connectivity index (χ2n) is 7.51. The predicted molar refractivity (Wildman–Crippen MR) is 111 cm³/mol. The van der Waals surface area contributed by atoms with Crippen LogP contribution in [0, 0.1) is 11.7 Å². The van der Waals surface area contributed by atoms with E-state index >= 15 is 0 Å². The van der Waals surface area contributed by atoms with Crippen LogP contribution in [0.5, 0.6) is 5.75 Å². The molecule has 29 heavy (non-hydrogen) atoms. The molecule has 4 rings (SSSR count). The van der Waals surface area contributed by atoms with Crippen molar-refractivity contribution in [2.24, 2.45) is 5.92 Å². The number of ether oxygens (including phenoxy) is 1. The maximum absolute atomic E-state index is 14.3. The second-order valence-corrected chi connectivity index (χ2v) is 7.51. The molecule has 1 aliphatic heterocycles. The normalized spacial score (nSPS) is 16.6. The number of fused-ring (bicyclic) bond motifs is 1. The van der Waals surface area contributed by atoms with Gasteiger partial charge in [0.1, 0.15) is 11.6 Å². The molecule has 5 heteroatoms. The zero-order chi connectivity index (χ0) is 20.4. The number of likely N-dealkylation sites (tertiary alicyclic amines) is 1. The average molecular weight is 393 g/mol. The fourth-order valence-corrected chi connectivity index (χ4v) is 4.37. The Kier molecular flexibility index (Phi) is 5.49. The molecular formula is C24H24FNO3. The molecule has 4 nitrogen and oxygen atoms in total. The maximum atomic E-state index is 14.3. The SMILES string of the molecule is COc1ccc(F)cc1C(c1cccc2ccccc12)N1CCC(C(=O)O)CC1. The van der Waals surface area contributed by atoms with Crippen LogP contribution in [0.3, 0.4) is 0 Å². The summed E-state index contributed by atoms with van der Waals surface area (Å²) in [7, 11) is 1.59. The van der Waals surface area contributed by atoms with Gasteiger partial charge in [0.25, 0.3) is 0 Å². The third-order valence-electron chi connectivity index (χ3n) is 5.85. The minimum absolute atomic E-state index is 0.221. The Morgan fingerprint density at radius 3 is 2.52 bits per heavy atom. The Morgan fingerprint density at radius 2 is 1.79 bits per heavy atom. The number of carboxylic acid groups (broad SMARTS) is 1. The first kappa shape index (κ1) is 19.4. The van der Waals surface area contributed by atoms with Gasteiger partial charge in [-0.15, -0.1) is 0 Å². The van der Waals surface area contributed by atoms with Gasteiger partial charge in [0.05, 0.1) is 19.1 Å². The molecule has 0 spiro atoms. The molecule has 1 fully saturated rings. The quantitative estimate of drug-likeness (QED) is 0.672. The largest absolute Gasteiger partial charge is 0.496 e. The van der Waals surface area contributed by atoms with Gasteiger partial charge in [-0.25, -0.2) is 4.39 Å². The van der Waals surface area contributed by atoms with Gasteiger partial charge in [-0.1, -0.05) is 42.5 Å². The van der Waals surface area contributed by atoms with E-state index in [0.717, 1.165) is 21.9 Å². The first-order valence-electron chi connectivity index (χ1n) is 9.86. The Bertz CT molecular complexity index is 1020. The average Bonchev–Trinajstić information content (AvgIpc) is 2.75. The van der Waals surface area contributed by atoms with Gasteiger partial charge in [-0.3, -0.25) is 9.69 Å². The molecule has 1 unspecified atom stereocenters. The number of hydrogen-bond acceptors (Lipinski definition) is 3. The number of aliphatic carboxylic acids is 1. The molecule has 1 atom stereocenters. The van der Waals surface area contributed by atoms with E-state index in [4.69, 9.17) is 4.74 Å². The smallest absolute Gasteiger partial charge is 0.306 e. The summed E-state index contributed by atoms with van der Waals surface area (Å²) < 4.78 is 19.8. The Hall–Kier alpha value is -2.92.